The van der Waals surface area contributed by atoms with Gasteiger partial charge in [0, 0.05) is 6.47 Å². The van der Waals surface area contributed by atoms with Crippen LogP contribution in [0.4, 0.5) is 0 Å². The van der Waals surface area contributed by atoms with Crippen molar-refractivity contribution in [1.82, 2.24) is 0 Å². The van der Waals surface area contributed by atoms with Gasteiger partial charge in [0.2, 0.25) is 0 Å². The van der Waals surface area contributed by atoms with Crippen molar-refractivity contribution in [2.24, 2.45) is 0 Å². The zero-order valence-corrected chi connectivity index (χ0v) is 5.53. The molecule has 0 aliphatic heterocycles. The van der Waals surface area contributed by atoms with Crippen LogP contribution in [0, 0.1) is 0 Å². The van der Waals surface area contributed by atoms with Gasteiger partial charge in [-0.15, -0.1) is 0 Å². The van der Waals surface area contributed by atoms with Crippen molar-refractivity contribution in [3.05, 3.63) is 0 Å². The maximum absolute atomic E-state index is 8.25. The number of carboxylic acid groups (broad SMARTS) is 1. The van der Waals surface area contributed by atoms with Gasteiger partial charge in [0.1, 0.15) is 0 Å². The molecule has 0 fully saturated rings. The van der Waals surface area contributed by atoms with Gasteiger partial charge in [-0.25, -0.2) is 0 Å². The standard InChI is InChI=1S/CH2O2.ClH.Na/c2-1-3;;/h1H,(H,2,3);1H;/q;;+1/p-2. The van der Waals surface area contributed by atoms with Crippen molar-refractivity contribution in [3.8, 4) is 0 Å². The molecule has 0 aliphatic carbocycles. The molecule has 0 aromatic heterocycles. The van der Waals surface area contributed by atoms with Gasteiger partial charge in [0.05, 0.1) is 0 Å². The van der Waals surface area contributed by atoms with E-state index in [-0.39, 0.29) is 42.0 Å². The second-order valence-electron chi connectivity index (χ2n) is 0.0962. The predicted molar refractivity (Wildman–Crippen MR) is 6.06 cm³/mol. The zero-order valence-electron chi connectivity index (χ0n) is 2.77. The third-order valence-corrected chi connectivity index (χ3v) is 0. The maximum Gasteiger partial charge on any atom is 1.00 e. The smallest absolute Gasteiger partial charge is 1.00 e. The fourth-order valence-electron chi connectivity index (χ4n) is 0. The molecule has 0 saturated heterocycles. The molecule has 0 saturated carbocycles. The number of hydrogen-bond acceptors (Lipinski definition) is 2. The average Bonchev–Trinajstić information content (AvgIpc) is 0.918. The predicted octanol–water partition coefficient (Wildman–Crippen LogP) is -7.63. The molecule has 2 nitrogen and oxygen atoms in total. The van der Waals surface area contributed by atoms with Crippen molar-refractivity contribution in [2.75, 3.05) is 0 Å². The van der Waals surface area contributed by atoms with E-state index in [0.717, 1.165) is 0 Å². The largest absolute Gasteiger partial charge is 1.00 e. The van der Waals surface area contributed by atoms with Gasteiger partial charge < -0.3 is 22.3 Å². The Balaban J connectivity index is -0.0000000200. The molecule has 0 amide bonds. The SMILES string of the molecule is O=C[O-].[Cl-].[Na+]. The number of hydrogen-bond donors (Lipinski definition) is 0. The summed E-state index contributed by atoms with van der Waals surface area (Å²) in [4.78, 5) is 8.25. The number of halogens is 1. The second kappa shape index (κ2) is 21.7. The normalized spacial score (nSPS) is 2.40. The van der Waals surface area contributed by atoms with Crippen LogP contribution in [0.1, 0.15) is 0 Å². The Morgan fingerprint density at radius 2 is 1.60 bits per heavy atom. The monoisotopic (exact) mass is 103 g/mol. The first kappa shape index (κ1) is 17.1. The number of carbonyl (C=O) groups is 1. The molecule has 0 unspecified atom stereocenters. The van der Waals surface area contributed by atoms with Crippen LogP contribution >= 0.6 is 0 Å². The minimum atomic E-state index is -0.500. The van der Waals surface area contributed by atoms with Gasteiger partial charge in [0.25, 0.3) is 0 Å². The molecule has 0 heterocycles. The van der Waals surface area contributed by atoms with Crippen LogP contribution in [0.3, 0.4) is 0 Å². The molecule has 0 aromatic carbocycles. The Hall–Kier alpha value is 0.760. The van der Waals surface area contributed by atoms with E-state index in [1.165, 1.54) is 0 Å². The van der Waals surface area contributed by atoms with Crippen LogP contribution in [0.2, 0.25) is 0 Å². The summed E-state index contributed by atoms with van der Waals surface area (Å²) >= 11 is 0. The molecule has 0 N–H and O–H groups in total. The van der Waals surface area contributed by atoms with Crippen molar-refractivity contribution in [3.63, 3.8) is 0 Å². The molecule has 0 radical (unpaired) electrons. The quantitative estimate of drug-likeness (QED) is 0.226. The molecule has 0 atom stereocenters. The van der Waals surface area contributed by atoms with Gasteiger partial charge in [-0.2, -0.15) is 0 Å². The minimum Gasteiger partial charge on any atom is -1.00 e. The van der Waals surface area contributed by atoms with E-state index < -0.39 is 6.47 Å². The first-order valence-corrected chi connectivity index (χ1v) is 0.471. The summed E-state index contributed by atoms with van der Waals surface area (Å²) in [7, 11) is 0. The van der Waals surface area contributed by atoms with Crippen LogP contribution in [-0.4, -0.2) is 6.47 Å². The molecular formula is CHClNaO2-. The van der Waals surface area contributed by atoms with Gasteiger partial charge in [0.15, 0.2) is 0 Å². The Morgan fingerprint density at radius 3 is 1.60 bits per heavy atom. The van der Waals surface area contributed by atoms with E-state index in [1.807, 2.05) is 0 Å². The molecule has 26 valence electrons. The zero-order chi connectivity index (χ0) is 2.71. The van der Waals surface area contributed by atoms with E-state index in [0.29, 0.717) is 0 Å². The third-order valence-electron chi connectivity index (χ3n) is 0. The summed E-state index contributed by atoms with van der Waals surface area (Å²) in [6.07, 6.45) is 0. The van der Waals surface area contributed by atoms with Crippen molar-refractivity contribution in [2.45, 2.75) is 0 Å². The van der Waals surface area contributed by atoms with Crippen LogP contribution < -0.4 is 47.1 Å². The van der Waals surface area contributed by atoms with Gasteiger partial charge in [-0.1, -0.05) is 0 Å². The van der Waals surface area contributed by atoms with Crippen LogP contribution in [0.25, 0.3) is 0 Å². The summed E-state index contributed by atoms with van der Waals surface area (Å²) in [6.45, 7) is -0.500. The molecule has 0 bridgehead atoms. The average molecular weight is 103 g/mol. The van der Waals surface area contributed by atoms with E-state index >= 15 is 0 Å². The summed E-state index contributed by atoms with van der Waals surface area (Å²) < 4.78 is 0. The minimum absolute atomic E-state index is 0. The fraction of sp³-hybridized carbons (Fsp3) is 0. The Kier molecular flexibility index (Phi) is 74.4. The van der Waals surface area contributed by atoms with E-state index in [1.54, 1.807) is 0 Å². The van der Waals surface area contributed by atoms with E-state index in [4.69, 9.17) is 9.90 Å². The molecule has 0 spiro atoms. The molecule has 0 aromatic rings. The van der Waals surface area contributed by atoms with Crippen LogP contribution in [-0.2, 0) is 4.79 Å². The van der Waals surface area contributed by atoms with Crippen molar-refractivity contribution < 1.29 is 51.9 Å². The van der Waals surface area contributed by atoms with Crippen LogP contribution in [0.15, 0.2) is 0 Å². The summed E-state index contributed by atoms with van der Waals surface area (Å²) in [5, 5.41) is 8.25. The maximum atomic E-state index is 8.25. The molecular weight excluding hydrogens is 102 g/mol. The fourth-order valence-corrected chi connectivity index (χ4v) is 0. The number of carbonyl (C=O) groups excluding carboxylic acids is 1. The Bertz CT molecular complexity index is 17.1. The van der Waals surface area contributed by atoms with Gasteiger partial charge in [-0.3, -0.25) is 0 Å². The Labute approximate surface area is 58.3 Å². The van der Waals surface area contributed by atoms with Crippen molar-refractivity contribution >= 4 is 6.47 Å². The third kappa shape index (κ3) is 62.8. The summed E-state index contributed by atoms with van der Waals surface area (Å²) in [5.41, 5.74) is 0. The van der Waals surface area contributed by atoms with Gasteiger partial charge >= 0.3 is 29.6 Å². The summed E-state index contributed by atoms with van der Waals surface area (Å²) in [5.74, 6) is 0. The van der Waals surface area contributed by atoms with Gasteiger partial charge in [-0.05, 0) is 0 Å². The Morgan fingerprint density at radius 1 is 1.60 bits per heavy atom. The van der Waals surface area contributed by atoms with Crippen LogP contribution in [0.5, 0.6) is 0 Å². The molecule has 5 heavy (non-hydrogen) atoms. The molecule has 4 heteroatoms. The topological polar surface area (TPSA) is 40.1 Å². The van der Waals surface area contributed by atoms with Crippen molar-refractivity contribution in [1.29, 1.82) is 0 Å². The van der Waals surface area contributed by atoms with E-state index in [2.05, 4.69) is 0 Å². The van der Waals surface area contributed by atoms with E-state index in [9.17, 15) is 0 Å². The summed E-state index contributed by atoms with van der Waals surface area (Å²) in [6, 6.07) is 0. The molecule has 0 rings (SSSR count). The first-order valence-electron chi connectivity index (χ1n) is 0.471. The molecule has 0 aliphatic rings. The second-order valence-corrected chi connectivity index (χ2v) is 0.0962. The first-order chi connectivity index (χ1) is 1.41. The number of rotatable bonds is 0.